The maximum Gasteiger partial charge on any atom is 0.108 e. The average molecular weight is 198 g/mol. The van der Waals surface area contributed by atoms with Crippen LogP contribution in [-0.2, 0) is 0 Å². The highest BCUT2D eigenvalue weighted by molar-refractivity contribution is 5.82. The van der Waals surface area contributed by atoms with Gasteiger partial charge in [-0.15, -0.1) is 0 Å². The molecule has 0 amide bonds. The maximum absolute atomic E-state index is 7.55. The zero-order chi connectivity index (χ0) is 10.7. The minimum absolute atomic E-state index is 0.138. The Bertz CT molecular complexity index is 204. The van der Waals surface area contributed by atoms with Crippen LogP contribution in [0.5, 0.6) is 0 Å². The zero-order valence-electron chi connectivity index (χ0n) is 9.45. The van der Waals surface area contributed by atoms with Gasteiger partial charge in [0.25, 0.3) is 0 Å². The molecule has 0 radical (unpaired) electrons. The summed E-state index contributed by atoms with van der Waals surface area (Å²) in [6, 6.07) is 0.640. The number of rotatable bonds is 3. The molecule has 1 heterocycles. The van der Waals surface area contributed by atoms with Gasteiger partial charge in [0.15, 0.2) is 0 Å². The molecule has 4 nitrogen and oxygen atoms in total. The van der Waals surface area contributed by atoms with Crippen LogP contribution in [0.15, 0.2) is 0 Å². The van der Waals surface area contributed by atoms with Crippen molar-refractivity contribution in [2.45, 2.75) is 32.4 Å². The molecule has 0 saturated carbocycles. The fourth-order valence-corrected chi connectivity index (χ4v) is 2.25. The summed E-state index contributed by atoms with van der Waals surface area (Å²) in [5.41, 5.74) is 5.60. The molecule has 0 aromatic rings. The summed E-state index contributed by atoms with van der Waals surface area (Å²) in [4.78, 5) is 4.68. The first kappa shape index (κ1) is 11.5. The molecular formula is C10H22N4. The molecular weight excluding hydrogens is 176 g/mol. The Kier molecular flexibility index (Phi) is 3.89. The van der Waals surface area contributed by atoms with E-state index in [4.69, 9.17) is 11.1 Å². The van der Waals surface area contributed by atoms with Crippen molar-refractivity contribution in [2.24, 2.45) is 5.73 Å². The summed E-state index contributed by atoms with van der Waals surface area (Å²) < 4.78 is 0. The van der Waals surface area contributed by atoms with Gasteiger partial charge in [-0.3, -0.25) is 10.3 Å². The van der Waals surface area contributed by atoms with Crippen LogP contribution in [0.1, 0.15) is 20.3 Å². The SMILES string of the molecule is CCC(C(=N)N)N1CCN(C)CC1C. The summed E-state index contributed by atoms with van der Waals surface area (Å²) >= 11 is 0. The Morgan fingerprint density at radius 2 is 2.21 bits per heavy atom. The molecule has 1 saturated heterocycles. The fourth-order valence-electron chi connectivity index (χ4n) is 2.25. The lowest BCUT2D eigenvalue weighted by Gasteiger charge is -2.42. The molecule has 1 fully saturated rings. The van der Waals surface area contributed by atoms with Crippen LogP contribution in [0.2, 0.25) is 0 Å². The quantitative estimate of drug-likeness (QED) is 0.508. The van der Waals surface area contributed by atoms with Crippen molar-refractivity contribution in [1.82, 2.24) is 9.80 Å². The van der Waals surface area contributed by atoms with E-state index in [9.17, 15) is 0 Å². The highest BCUT2D eigenvalue weighted by atomic mass is 15.3. The van der Waals surface area contributed by atoms with Crippen LogP contribution in [0.25, 0.3) is 0 Å². The number of hydrogen-bond donors (Lipinski definition) is 2. The summed E-state index contributed by atoms with van der Waals surface area (Å²) in [6.07, 6.45) is 0.934. The predicted octanol–water partition coefficient (Wildman–Crippen LogP) is 0.337. The highest BCUT2D eigenvalue weighted by Crippen LogP contribution is 2.13. The molecule has 3 N–H and O–H groups in total. The summed E-state index contributed by atoms with van der Waals surface area (Å²) in [5.74, 6) is 0.309. The number of nitrogens with two attached hydrogens (primary N) is 1. The van der Waals surface area contributed by atoms with E-state index in [1.807, 2.05) is 0 Å². The third kappa shape index (κ3) is 2.45. The molecule has 14 heavy (non-hydrogen) atoms. The monoisotopic (exact) mass is 198 g/mol. The predicted molar refractivity (Wildman–Crippen MR) is 59.7 cm³/mol. The lowest BCUT2D eigenvalue weighted by atomic mass is 10.1. The lowest BCUT2D eigenvalue weighted by molar-refractivity contribution is 0.0816. The molecule has 1 aliphatic rings. The first-order valence-corrected chi connectivity index (χ1v) is 5.34. The van der Waals surface area contributed by atoms with Gasteiger partial charge >= 0.3 is 0 Å². The Hall–Kier alpha value is -0.610. The largest absolute Gasteiger partial charge is 0.386 e. The molecule has 0 aromatic heterocycles. The number of hydrogen-bond acceptors (Lipinski definition) is 3. The Balaban J connectivity index is 2.62. The number of nitrogens with one attached hydrogen (secondary N) is 1. The van der Waals surface area contributed by atoms with Crippen molar-refractivity contribution in [2.75, 3.05) is 26.7 Å². The molecule has 82 valence electrons. The zero-order valence-corrected chi connectivity index (χ0v) is 9.45. The van der Waals surface area contributed by atoms with Crippen molar-refractivity contribution >= 4 is 5.84 Å². The van der Waals surface area contributed by atoms with Crippen LogP contribution in [0.3, 0.4) is 0 Å². The third-order valence-corrected chi connectivity index (χ3v) is 3.03. The summed E-state index contributed by atoms with van der Waals surface area (Å²) in [5, 5.41) is 7.55. The average Bonchev–Trinajstić information content (AvgIpc) is 2.09. The molecule has 0 aliphatic carbocycles. The fraction of sp³-hybridized carbons (Fsp3) is 0.900. The van der Waals surface area contributed by atoms with E-state index in [-0.39, 0.29) is 6.04 Å². The van der Waals surface area contributed by atoms with Gasteiger partial charge < -0.3 is 10.6 Å². The molecule has 0 bridgehead atoms. The van der Waals surface area contributed by atoms with E-state index < -0.39 is 0 Å². The van der Waals surface area contributed by atoms with E-state index in [0.717, 1.165) is 26.1 Å². The summed E-state index contributed by atoms with van der Waals surface area (Å²) in [6.45, 7) is 7.48. The number of likely N-dealkylation sites (N-methyl/N-ethyl adjacent to an activating group) is 1. The number of amidine groups is 1. The van der Waals surface area contributed by atoms with Crippen LogP contribution in [0.4, 0.5) is 0 Å². The van der Waals surface area contributed by atoms with E-state index >= 15 is 0 Å². The van der Waals surface area contributed by atoms with E-state index in [2.05, 4.69) is 30.7 Å². The van der Waals surface area contributed by atoms with Gasteiger partial charge in [-0.2, -0.15) is 0 Å². The van der Waals surface area contributed by atoms with Crippen molar-refractivity contribution in [3.05, 3.63) is 0 Å². The standard InChI is InChI=1S/C10H22N4/c1-4-9(10(11)12)14-6-5-13(3)7-8(14)2/h8-9H,4-7H2,1-3H3,(H3,11,12). The van der Waals surface area contributed by atoms with Crippen molar-refractivity contribution in [1.29, 1.82) is 5.41 Å². The minimum Gasteiger partial charge on any atom is -0.386 e. The lowest BCUT2D eigenvalue weighted by Crippen LogP contribution is -2.57. The normalized spacial score (nSPS) is 27.5. The third-order valence-electron chi connectivity index (χ3n) is 3.03. The molecule has 0 spiro atoms. The Morgan fingerprint density at radius 3 is 2.64 bits per heavy atom. The van der Waals surface area contributed by atoms with Gasteiger partial charge in [-0.05, 0) is 20.4 Å². The smallest absolute Gasteiger partial charge is 0.108 e. The topological polar surface area (TPSA) is 56.4 Å². The van der Waals surface area contributed by atoms with Gasteiger partial charge in [-0.25, -0.2) is 0 Å². The second-order valence-corrected chi connectivity index (χ2v) is 4.23. The van der Waals surface area contributed by atoms with E-state index in [1.165, 1.54) is 0 Å². The van der Waals surface area contributed by atoms with Gasteiger partial charge in [0, 0.05) is 25.7 Å². The van der Waals surface area contributed by atoms with Gasteiger partial charge in [0.05, 0.1) is 6.04 Å². The second kappa shape index (κ2) is 4.75. The van der Waals surface area contributed by atoms with Crippen LogP contribution in [0, 0.1) is 5.41 Å². The van der Waals surface area contributed by atoms with Crippen LogP contribution < -0.4 is 5.73 Å². The molecule has 2 unspecified atom stereocenters. The molecule has 4 heteroatoms. The first-order chi connectivity index (χ1) is 6.56. The van der Waals surface area contributed by atoms with Gasteiger partial charge in [0.2, 0.25) is 0 Å². The van der Waals surface area contributed by atoms with Crippen LogP contribution in [-0.4, -0.2) is 54.4 Å². The Labute approximate surface area is 86.6 Å². The minimum atomic E-state index is 0.138. The van der Waals surface area contributed by atoms with Crippen molar-refractivity contribution in [3.8, 4) is 0 Å². The molecule has 1 rings (SSSR count). The second-order valence-electron chi connectivity index (χ2n) is 4.23. The van der Waals surface area contributed by atoms with Crippen molar-refractivity contribution in [3.63, 3.8) is 0 Å². The first-order valence-electron chi connectivity index (χ1n) is 5.34. The van der Waals surface area contributed by atoms with Crippen LogP contribution >= 0.6 is 0 Å². The van der Waals surface area contributed by atoms with E-state index in [0.29, 0.717) is 11.9 Å². The summed E-state index contributed by atoms with van der Waals surface area (Å²) in [7, 11) is 2.14. The molecule has 0 aromatic carbocycles. The van der Waals surface area contributed by atoms with Crippen molar-refractivity contribution < 1.29 is 0 Å². The van der Waals surface area contributed by atoms with Gasteiger partial charge in [-0.1, -0.05) is 6.92 Å². The Morgan fingerprint density at radius 1 is 1.57 bits per heavy atom. The molecule has 2 atom stereocenters. The van der Waals surface area contributed by atoms with E-state index in [1.54, 1.807) is 0 Å². The maximum atomic E-state index is 7.55. The number of piperazine rings is 1. The molecule has 1 aliphatic heterocycles. The van der Waals surface area contributed by atoms with Gasteiger partial charge in [0.1, 0.15) is 5.84 Å². The highest BCUT2D eigenvalue weighted by Gasteiger charge is 2.28. The number of nitrogens with zero attached hydrogens (tertiary/aromatic N) is 2.